The van der Waals surface area contributed by atoms with E-state index in [1.807, 2.05) is 25.1 Å². The highest BCUT2D eigenvalue weighted by Crippen LogP contribution is 2.24. The first kappa shape index (κ1) is 13.9. The average molecular weight is 260 g/mol. The third-order valence-electron chi connectivity index (χ3n) is 4.00. The van der Waals surface area contributed by atoms with Gasteiger partial charge in [-0.3, -0.25) is 4.79 Å². The van der Waals surface area contributed by atoms with Crippen molar-refractivity contribution in [1.82, 2.24) is 4.90 Å². The number of piperidine rings is 1. The van der Waals surface area contributed by atoms with Crippen molar-refractivity contribution in [3.8, 4) is 0 Å². The fourth-order valence-electron chi connectivity index (χ4n) is 2.93. The molecule has 0 spiro atoms. The molecule has 1 saturated heterocycles. The number of rotatable bonds is 3. The Morgan fingerprint density at radius 1 is 1.42 bits per heavy atom. The molecule has 0 saturated carbocycles. The van der Waals surface area contributed by atoms with Crippen LogP contribution >= 0.6 is 0 Å². The molecule has 1 fully saturated rings. The highest BCUT2D eigenvalue weighted by Gasteiger charge is 2.27. The summed E-state index contributed by atoms with van der Waals surface area (Å²) >= 11 is 0. The molecule has 1 heterocycles. The Kier molecular flexibility index (Phi) is 4.46. The van der Waals surface area contributed by atoms with E-state index in [1.165, 1.54) is 6.42 Å². The van der Waals surface area contributed by atoms with Gasteiger partial charge in [-0.05, 0) is 50.3 Å². The van der Waals surface area contributed by atoms with Crippen LogP contribution < -0.4 is 5.73 Å². The van der Waals surface area contributed by atoms with Crippen molar-refractivity contribution in [2.24, 2.45) is 0 Å². The summed E-state index contributed by atoms with van der Waals surface area (Å²) in [4.78, 5) is 14.8. The number of aryl methyl sites for hydroxylation is 1. The second-order valence-corrected chi connectivity index (χ2v) is 5.51. The smallest absolute Gasteiger partial charge is 0.254 e. The van der Waals surface area contributed by atoms with Crippen LogP contribution in [0.3, 0.4) is 0 Å². The van der Waals surface area contributed by atoms with Crippen LogP contribution in [0.15, 0.2) is 18.2 Å². The minimum atomic E-state index is 0.156. The maximum absolute atomic E-state index is 12.7. The van der Waals surface area contributed by atoms with Crippen molar-refractivity contribution in [2.45, 2.75) is 52.0 Å². The maximum Gasteiger partial charge on any atom is 0.254 e. The van der Waals surface area contributed by atoms with E-state index in [2.05, 4.69) is 11.8 Å². The fourth-order valence-corrected chi connectivity index (χ4v) is 2.93. The van der Waals surface area contributed by atoms with Crippen LogP contribution in [-0.2, 0) is 0 Å². The van der Waals surface area contributed by atoms with Crippen LogP contribution in [0.2, 0.25) is 0 Å². The molecule has 19 heavy (non-hydrogen) atoms. The number of likely N-dealkylation sites (tertiary alicyclic amines) is 1. The number of benzene rings is 1. The Bertz CT molecular complexity index is 454. The van der Waals surface area contributed by atoms with Gasteiger partial charge < -0.3 is 10.6 Å². The van der Waals surface area contributed by atoms with Gasteiger partial charge in [0.15, 0.2) is 0 Å². The number of carbonyl (C=O) groups excluding carboxylic acids is 1. The van der Waals surface area contributed by atoms with Gasteiger partial charge in [0, 0.05) is 23.8 Å². The molecule has 2 rings (SSSR count). The van der Waals surface area contributed by atoms with Gasteiger partial charge in [0.1, 0.15) is 0 Å². The molecule has 1 amide bonds. The van der Waals surface area contributed by atoms with E-state index < -0.39 is 0 Å². The molecule has 0 bridgehead atoms. The summed E-state index contributed by atoms with van der Waals surface area (Å²) < 4.78 is 0. The summed E-state index contributed by atoms with van der Waals surface area (Å²) in [6.45, 7) is 5.05. The molecule has 1 aliphatic heterocycles. The molecule has 1 unspecified atom stereocenters. The lowest BCUT2D eigenvalue weighted by Gasteiger charge is -2.36. The quantitative estimate of drug-likeness (QED) is 0.847. The Labute approximate surface area is 115 Å². The molecular formula is C16H24N2O. The minimum absolute atomic E-state index is 0.156. The van der Waals surface area contributed by atoms with Crippen molar-refractivity contribution in [1.29, 1.82) is 0 Å². The van der Waals surface area contributed by atoms with E-state index >= 15 is 0 Å². The number of hydrogen-bond acceptors (Lipinski definition) is 2. The number of amides is 1. The highest BCUT2D eigenvalue weighted by atomic mass is 16.2. The highest BCUT2D eigenvalue weighted by molar-refractivity contribution is 5.96. The van der Waals surface area contributed by atoms with Gasteiger partial charge in [-0.15, -0.1) is 0 Å². The van der Waals surface area contributed by atoms with E-state index in [-0.39, 0.29) is 5.91 Å². The van der Waals surface area contributed by atoms with E-state index in [0.717, 1.165) is 43.4 Å². The van der Waals surface area contributed by atoms with E-state index in [0.29, 0.717) is 11.7 Å². The first-order chi connectivity index (χ1) is 9.13. The predicted octanol–water partition coefficient (Wildman–Crippen LogP) is 3.37. The summed E-state index contributed by atoms with van der Waals surface area (Å²) in [5, 5.41) is 0. The van der Waals surface area contributed by atoms with Crippen LogP contribution in [0.25, 0.3) is 0 Å². The normalized spacial score (nSPS) is 19.5. The minimum Gasteiger partial charge on any atom is -0.399 e. The van der Waals surface area contributed by atoms with E-state index in [1.54, 1.807) is 0 Å². The molecular weight excluding hydrogens is 236 g/mol. The van der Waals surface area contributed by atoms with Gasteiger partial charge in [-0.2, -0.15) is 0 Å². The SMILES string of the molecule is CCCC1CCCCN1C(=O)c1cc(N)ccc1C. The van der Waals surface area contributed by atoms with Crippen molar-refractivity contribution in [3.63, 3.8) is 0 Å². The second kappa shape index (κ2) is 6.09. The van der Waals surface area contributed by atoms with Crippen LogP contribution in [-0.4, -0.2) is 23.4 Å². The molecule has 104 valence electrons. The van der Waals surface area contributed by atoms with Crippen molar-refractivity contribution in [3.05, 3.63) is 29.3 Å². The lowest BCUT2D eigenvalue weighted by molar-refractivity contribution is 0.0600. The van der Waals surface area contributed by atoms with Gasteiger partial charge >= 0.3 is 0 Å². The third kappa shape index (κ3) is 3.09. The summed E-state index contributed by atoms with van der Waals surface area (Å²) in [5.74, 6) is 0.156. The molecule has 1 aliphatic rings. The van der Waals surface area contributed by atoms with Crippen molar-refractivity contribution >= 4 is 11.6 Å². The number of hydrogen-bond donors (Lipinski definition) is 1. The Morgan fingerprint density at radius 2 is 2.21 bits per heavy atom. The molecule has 2 N–H and O–H groups in total. The first-order valence-electron chi connectivity index (χ1n) is 7.30. The summed E-state index contributed by atoms with van der Waals surface area (Å²) in [6.07, 6.45) is 5.73. The lowest BCUT2D eigenvalue weighted by atomic mass is 9.96. The van der Waals surface area contributed by atoms with Gasteiger partial charge in [0.05, 0.1) is 0 Å². The molecule has 3 nitrogen and oxygen atoms in total. The average Bonchev–Trinajstić information content (AvgIpc) is 2.42. The van der Waals surface area contributed by atoms with Gasteiger partial charge in [0.25, 0.3) is 5.91 Å². The summed E-state index contributed by atoms with van der Waals surface area (Å²) in [5.41, 5.74) is 8.26. The van der Waals surface area contributed by atoms with Crippen LogP contribution in [0.4, 0.5) is 5.69 Å². The number of carbonyl (C=O) groups is 1. The summed E-state index contributed by atoms with van der Waals surface area (Å²) in [7, 11) is 0. The predicted molar refractivity (Wildman–Crippen MR) is 79.2 cm³/mol. The number of nitrogens with two attached hydrogens (primary N) is 1. The largest absolute Gasteiger partial charge is 0.399 e. The maximum atomic E-state index is 12.7. The van der Waals surface area contributed by atoms with Crippen molar-refractivity contribution < 1.29 is 4.79 Å². The van der Waals surface area contributed by atoms with Crippen LogP contribution in [0.5, 0.6) is 0 Å². The standard InChI is InChI=1S/C16H24N2O/c1-3-6-14-7-4-5-10-18(14)16(19)15-11-13(17)9-8-12(15)2/h8-9,11,14H,3-7,10,17H2,1-2H3. The zero-order valence-electron chi connectivity index (χ0n) is 12.0. The summed E-state index contributed by atoms with van der Waals surface area (Å²) in [6, 6.07) is 6.01. The third-order valence-corrected chi connectivity index (χ3v) is 4.00. The molecule has 3 heteroatoms. The Balaban J connectivity index is 2.23. The zero-order chi connectivity index (χ0) is 13.8. The zero-order valence-corrected chi connectivity index (χ0v) is 12.0. The molecule has 1 atom stereocenters. The molecule has 0 aromatic heterocycles. The molecule has 0 aliphatic carbocycles. The van der Waals surface area contributed by atoms with Crippen molar-refractivity contribution in [2.75, 3.05) is 12.3 Å². The Morgan fingerprint density at radius 3 is 2.95 bits per heavy atom. The van der Waals surface area contributed by atoms with Gasteiger partial charge in [0.2, 0.25) is 0 Å². The van der Waals surface area contributed by atoms with Gasteiger partial charge in [-0.25, -0.2) is 0 Å². The Hall–Kier alpha value is -1.51. The van der Waals surface area contributed by atoms with Gasteiger partial charge in [-0.1, -0.05) is 19.4 Å². The second-order valence-electron chi connectivity index (χ2n) is 5.51. The molecule has 1 aromatic carbocycles. The molecule has 1 aromatic rings. The van der Waals surface area contributed by atoms with E-state index in [4.69, 9.17) is 5.73 Å². The monoisotopic (exact) mass is 260 g/mol. The topological polar surface area (TPSA) is 46.3 Å². The number of anilines is 1. The molecule has 0 radical (unpaired) electrons. The fraction of sp³-hybridized carbons (Fsp3) is 0.562. The lowest BCUT2D eigenvalue weighted by Crippen LogP contribution is -2.43. The first-order valence-corrected chi connectivity index (χ1v) is 7.30. The van der Waals surface area contributed by atoms with Crippen LogP contribution in [0.1, 0.15) is 54.9 Å². The van der Waals surface area contributed by atoms with Crippen LogP contribution in [0, 0.1) is 6.92 Å². The number of nitrogens with zero attached hydrogens (tertiary/aromatic N) is 1. The number of nitrogen functional groups attached to an aromatic ring is 1. The van der Waals surface area contributed by atoms with E-state index in [9.17, 15) is 4.79 Å².